The molecule has 2 rings (SSSR count). The van der Waals surface area contributed by atoms with E-state index in [1.165, 1.54) is 0 Å². The Morgan fingerprint density at radius 1 is 0.850 bits per heavy atom. The Bertz CT molecular complexity index is 423. The van der Waals surface area contributed by atoms with Crippen molar-refractivity contribution in [3.8, 4) is 0 Å². The summed E-state index contributed by atoms with van der Waals surface area (Å²) >= 11 is 0. The van der Waals surface area contributed by atoms with Gasteiger partial charge in [0.1, 0.15) is 0 Å². The molecule has 7 heteroatoms. The van der Waals surface area contributed by atoms with Crippen molar-refractivity contribution in [1.82, 2.24) is 5.32 Å². The monoisotopic (exact) mass is 315 g/mol. The predicted octanol–water partition coefficient (Wildman–Crippen LogP) is 4.22. The zero-order valence-corrected chi connectivity index (χ0v) is 11.3. The van der Waals surface area contributed by atoms with Gasteiger partial charge in [-0.1, -0.05) is 12.1 Å². The quantitative estimate of drug-likeness (QED) is 0.806. The number of alkyl halides is 5. The second-order valence-corrected chi connectivity index (χ2v) is 4.72. The molecule has 0 spiro atoms. The standard InChI is InChI=1S/C13H14F5N.ClH/c14-12(15,10-5-7-19-8-6-10)9-1-3-11(4-2-9)13(16,17)18;/h1-4,10,19H,5-8H2;1H. The van der Waals surface area contributed by atoms with E-state index in [1.807, 2.05) is 0 Å². The van der Waals surface area contributed by atoms with Gasteiger partial charge in [-0.05, 0) is 38.1 Å². The molecule has 0 radical (unpaired) electrons. The van der Waals surface area contributed by atoms with E-state index in [9.17, 15) is 22.0 Å². The van der Waals surface area contributed by atoms with E-state index >= 15 is 0 Å². The van der Waals surface area contributed by atoms with Gasteiger partial charge in [-0.2, -0.15) is 13.2 Å². The summed E-state index contributed by atoms with van der Waals surface area (Å²) in [6.07, 6.45) is -3.84. The van der Waals surface area contributed by atoms with Crippen LogP contribution in [-0.4, -0.2) is 13.1 Å². The van der Waals surface area contributed by atoms with Gasteiger partial charge >= 0.3 is 6.18 Å². The zero-order valence-electron chi connectivity index (χ0n) is 10.5. The van der Waals surface area contributed by atoms with Crippen molar-refractivity contribution in [2.24, 2.45) is 5.92 Å². The number of benzene rings is 1. The van der Waals surface area contributed by atoms with Crippen LogP contribution in [0.3, 0.4) is 0 Å². The molecule has 0 amide bonds. The van der Waals surface area contributed by atoms with E-state index in [0.717, 1.165) is 12.1 Å². The molecule has 1 aliphatic rings. The molecule has 0 saturated carbocycles. The third-order valence-electron chi connectivity index (χ3n) is 3.45. The SMILES string of the molecule is Cl.FC(F)(F)c1ccc(C(F)(F)C2CCNCC2)cc1. The van der Waals surface area contributed by atoms with Crippen molar-refractivity contribution in [1.29, 1.82) is 0 Å². The van der Waals surface area contributed by atoms with E-state index in [2.05, 4.69) is 5.32 Å². The molecule has 0 bridgehead atoms. The van der Waals surface area contributed by atoms with Gasteiger partial charge in [0.15, 0.2) is 0 Å². The fraction of sp³-hybridized carbons (Fsp3) is 0.538. The summed E-state index contributed by atoms with van der Waals surface area (Å²) in [5.74, 6) is -3.89. The van der Waals surface area contributed by atoms with Crippen molar-refractivity contribution in [2.45, 2.75) is 24.9 Å². The van der Waals surface area contributed by atoms with Crippen molar-refractivity contribution in [3.63, 3.8) is 0 Å². The lowest BCUT2D eigenvalue weighted by atomic mass is 9.87. The highest BCUT2D eigenvalue weighted by atomic mass is 35.5. The average Bonchev–Trinajstić information content (AvgIpc) is 2.39. The summed E-state index contributed by atoms with van der Waals surface area (Å²) in [6, 6.07) is 3.18. The van der Waals surface area contributed by atoms with Crippen molar-refractivity contribution < 1.29 is 22.0 Å². The van der Waals surface area contributed by atoms with Crippen LogP contribution in [0.15, 0.2) is 24.3 Å². The summed E-state index contributed by atoms with van der Waals surface area (Å²) in [5.41, 5.74) is -1.25. The predicted molar refractivity (Wildman–Crippen MR) is 68.2 cm³/mol. The van der Waals surface area contributed by atoms with Crippen LogP contribution in [0, 0.1) is 5.92 Å². The van der Waals surface area contributed by atoms with Crippen LogP contribution < -0.4 is 5.32 Å². The average molecular weight is 316 g/mol. The second-order valence-electron chi connectivity index (χ2n) is 4.72. The van der Waals surface area contributed by atoms with Crippen molar-refractivity contribution in [3.05, 3.63) is 35.4 Å². The number of hydrogen-bond donors (Lipinski definition) is 1. The topological polar surface area (TPSA) is 12.0 Å². The molecule has 1 aliphatic heterocycles. The normalized spacial score (nSPS) is 17.6. The van der Waals surface area contributed by atoms with Gasteiger partial charge in [-0.15, -0.1) is 12.4 Å². The van der Waals surface area contributed by atoms with Crippen LogP contribution in [0.2, 0.25) is 0 Å². The Balaban J connectivity index is 0.00000200. The molecule has 1 aromatic carbocycles. The van der Waals surface area contributed by atoms with E-state index in [-0.39, 0.29) is 18.0 Å². The number of rotatable bonds is 2. The molecular weight excluding hydrogens is 301 g/mol. The molecule has 1 N–H and O–H groups in total. The first kappa shape index (κ1) is 17.2. The van der Waals surface area contributed by atoms with Gasteiger partial charge in [0.05, 0.1) is 5.56 Å². The van der Waals surface area contributed by atoms with Crippen LogP contribution in [0.1, 0.15) is 24.0 Å². The molecule has 1 heterocycles. The minimum atomic E-state index is -4.50. The molecule has 114 valence electrons. The van der Waals surface area contributed by atoms with Crippen molar-refractivity contribution >= 4 is 12.4 Å². The molecule has 1 aromatic rings. The Morgan fingerprint density at radius 3 is 1.75 bits per heavy atom. The first-order valence-electron chi connectivity index (χ1n) is 6.08. The highest BCUT2D eigenvalue weighted by Gasteiger charge is 2.42. The van der Waals surface area contributed by atoms with Crippen LogP contribution >= 0.6 is 12.4 Å². The highest BCUT2D eigenvalue weighted by Crippen LogP contribution is 2.41. The Hall–Kier alpha value is -0.880. The third kappa shape index (κ3) is 3.61. The van der Waals surface area contributed by atoms with Gasteiger partial charge in [0.25, 0.3) is 5.92 Å². The fourth-order valence-electron chi connectivity index (χ4n) is 2.30. The maximum Gasteiger partial charge on any atom is 0.416 e. The molecule has 1 fully saturated rings. The molecule has 0 aliphatic carbocycles. The van der Waals surface area contributed by atoms with Gasteiger partial charge in [0, 0.05) is 11.5 Å². The molecular formula is C13H15ClF5N. The van der Waals surface area contributed by atoms with E-state index < -0.39 is 23.6 Å². The molecule has 20 heavy (non-hydrogen) atoms. The highest BCUT2D eigenvalue weighted by molar-refractivity contribution is 5.85. The van der Waals surface area contributed by atoms with E-state index in [0.29, 0.717) is 38.1 Å². The molecule has 1 saturated heterocycles. The maximum atomic E-state index is 14.2. The molecule has 0 atom stereocenters. The zero-order chi connectivity index (χ0) is 14.1. The Kier molecular flexibility index (Phi) is 5.38. The lowest BCUT2D eigenvalue weighted by Crippen LogP contribution is -2.36. The summed E-state index contributed by atoms with van der Waals surface area (Å²) in [7, 11) is 0. The number of halogens is 6. The second kappa shape index (κ2) is 6.26. The van der Waals surface area contributed by atoms with Crippen LogP contribution in [0.25, 0.3) is 0 Å². The first-order chi connectivity index (χ1) is 8.82. The van der Waals surface area contributed by atoms with Gasteiger partial charge in [-0.25, -0.2) is 8.78 Å². The van der Waals surface area contributed by atoms with Crippen LogP contribution in [0.4, 0.5) is 22.0 Å². The van der Waals surface area contributed by atoms with Gasteiger partial charge < -0.3 is 5.32 Å². The van der Waals surface area contributed by atoms with Gasteiger partial charge in [-0.3, -0.25) is 0 Å². The van der Waals surface area contributed by atoms with E-state index in [1.54, 1.807) is 0 Å². The third-order valence-corrected chi connectivity index (χ3v) is 3.45. The molecule has 0 unspecified atom stereocenters. The van der Waals surface area contributed by atoms with Crippen LogP contribution in [0.5, 0.6) is 0 Å². The minimum Gasteiger partial charge on any atom is -0.317 e. The maximum absolute atomic E-state index is 14.2. The number of hydrogen-bond acceptors (Lipinski definition) is 1. The Morgan fingerprint density at radius 2 is 1.30 bits per heavy atom. The molecule has 1 nitrogen and oxygen atoms in total. The lowest BCUT2D eigenvalue weighted by molar-refractivity contribution is -0.137. The van der Waals surface area contributed by atoms with Gasteiger partial charge in [0.2, 0.25) is 0 Å². The van der Waals surface area contributed by atoms with E-state index in [4.69, 9.17) is 0 Å². The minimum absolute atomic E-state index is 0. The van der Waals surface area contributed by atoms with Crippen LogP contribution in [-0.2, 0) is 12.1 Å². The summed E-state index contributed by atoms with van der Waals surface area (Å²) in [5, 5.41) is 2.99. The largest absolute Gasteiger partial charge is 0.416 e. The lowest BCUT2D eigenvalue weighted by Gasteiger charge is -2.30. The van der Waals surface area contributed by atoms with Crippen molar-refractivity contribution in [2.75, 3.05) is 13.1 Å². The summed E-state index contributed by atoms with van der Waals surface area (Å²) in [6.45, 7) is 1.03. The number of piperidine rings is 1. The summed E-state index contributed by atoms with van der Waals surface area (Å²) < 4.78 is 65.4. The molecule has 0 aromatic heterocycles. The summed E-state index contributed by atoms with van der Waals surface area (Å²) in [4.78, 5) is 0. The Labute approximate surface area is 120 Å². The first-order valence-corrected chi connectivity index (χ1v) is 6.08. The number of nitrogens with one attached hydrogen (secondary N) is 1. The smallest absolute Gasteiger partial charge is 0.317 e. The fourth-order valence-corrected chi connectivity index (χ4v) is 2.30.